The SMILES string of the molecule is COc1ccc(OCCN[C@H]2CS(=O)(=O)C[C@@H]2S(=O)(=O)c2ccc(OC)c(C)c2)cc1. The minimum Gasteiger partial charge on any atom is -0.497 e. The van der Waals surface area contributed by atoms with Gasteiger partial charge in [-0.2, -0.15) is 0 Å². The molecule has 2 atom stereocenters. The summed E-state index contributed by atoms with van der Waals surface area (Å²) >= 11 is 0. The molecule has 0 spiro atoms. The fourth-order valence-corrected chi connectivity index (χ4v) is 8.40. The van der Waals surface area contributed by atoms with Gasteiger partial charge in [0, 0.05) is 12.6 Å². The van der Waals surface area contributed by atoms with Crippen LogP contribution in [0.2, 0.25) is 0 Å². The van der Waals surface area contributed by atoms with Crippen molar-refractivity contribution in [2.75, 3.05) is 38.9 Å². The molecular formula is C21H27NO7S2. The van der Waals surface area contributed by atoms with E-state index < -0.39 is 36.7 Å². The first-order valence-electron chi connectivity index (χ1n) is 9.75. The topological polar surface area (TPSA) is 108 Å². The van der Waals surface area contributed by atoms with Gasteiger partial charge in [0.15, 0.2) is 19.7 Å². The Kier molecular flexibility index (Phi) is 7.13. The monoisotopic (exact) mass is 469 g/mol. The summed E-state index contributed by atoms with van der Waals surface area (Å²) in [6.45, 7) is 2.31. The van der Waals surface area contributed by atoms with Crippen molar-refractivity contribution < 1.29 is 31.0 Å². The van der Waals surface area contributed by atoms with Crippen LogP contribution in [0.1, 0.15) is 5.56 Å². The molecule has 1 aliphatic rings. The molecule has 1 saturated heterocycles. The Morgan fingerprint density at radius 1 is 1.00 bits per heavy atom. The zero-order chi connectivity index (χ0) is 22.6. The maximum Gasteiger partial charge on any atom is 0.183 e. The predicted octanol–water partition coefficient (Wildman–Crippen LogP) is 1.62. The van der Waals surface area contributed by atoms with Crippen LogP contribution in [0.3, 0.4) is 0 Å². The molecule has 0 aliphatic carbocycles. The van der Waals surface area contributed by atoms with E-state index in [2.05, 4.69) is 5.32 Å². The summed E-state index contributed by atoms with van der Waals surface area (Å²) in [7, 11) is -4.25. The number of hydrogen-bond donors (Lipinski definition) is 1. The summed E-state index contributed by atoms with van der Waals surface area (Å²) in [4.78, 5) is 0.0918. The molecule has 8 nitrogen and oxygen atoms in total. The Labute approximate surface area is 183 Å². The number of methoxy groups -OCH3 is 2. The molecule has 2 aromatic carbocycles. The number of ether oxygens (including phenoxy) is 3. The summed E-state index contributed by atoms with van der Waals surface area (Å²) in [6.07, 6.45) is 0. The van der Waals surface area contributed by atoms with E-state index in [1.54, 1.807) is 44.4 Å². The smallest absolute Gasteiger partial charge is 0.183 e. The number of rotatable bonds is 9. The zero-order valence-electron chi connectivity index (χ0n) is 17.7. The van der Waals surface area contributed by atoms with E-state index in [1.165, 1.54) is 19.2 Å². The van der Waals surface area contributed by atoms with Crippen LogP contribution >= 0.6 is 0 Å². The van der Waals surface area contributed by atoms with Crippen LogP contribution in [-0.2, 0) is 19.7 Å². The van der Waals surface area contributed by atoms with Gasteiger partial charge < -0.3 is 19.5 Å². The summed E-state index contributed by atoms with van der Waals surface area (Å²) in [5.74, 6) is 1.29. The largest absolute Gasteiger partial charge is 0.497 e. The molecule has 1 fully saturated rings. The third-order valence-corrected chi connectivity index (χ3v) is 9.38. The second kappa shape index (κ2) is 9.46. The van der Waals surface area contributed by atoms with Crippen molar-refractivity contribution in [3.63, 3.8) is 0 Å². The molecule has 0 aromatic heterocycles. The maximum absolute atomic E-state index is 13.2. The number of benzene rings is 2. The Balaban J connectivity index is 1.68. The van der Waals surface area contributed by atoms with Crippen LogP contribution < -0.4 is 19.5 Å². The standard InChI is InChI=1S/C21H27NO7S2/c1-15-12-18(8-9-20(15)28-3)31(25,26)21-14-30(23,24)13-19(21)22-10-11-29-17-6-4-16(27-2)5-7-17/h4-9,12,19,21-22H,10-11,13-14H2,1-3H3/t19-,21-/m0/s1. The first kappa shape index (κ1) is 23.4. The number of nitrogens with one attached hydrogen (secondary N) is 1. The quantitative estimate of drug-likeness (QED) is 0.552. The number of hydrogen-bond acceptors (Lipinski definition) is 8. The van der Waals surface area contributed by atoms with Gasteiger partial charge in [0.25, 0.3) is 0 Å². The van der Waals surface area contributed by atoms with Gasteiger partial charge >= 0.3 is 0 Å². The van der Waals surface area contributed by atoms with Crippen LogP contribution in [0, 0.1) is 6.92 Å². The maximum atomic E-state index is 13.2. The molecule has 1 heterocycles. The lowest BCUT2D eigenvalue weighted by atomic mass is 10.2. The van der Waals surface area contributed by atoms with Crippen molar-refractivity contribution in [1.29, 1.82) is 0 Å². The lowest BCUT2D eigenvalue weighted by Gasteiger charge is -2.20. The first-order valence-corrected chi connectivity index (χ1v) is 13.1. The lowest BCUT2D eigenvalue weighted by Crippen LogP contribution is -2.44. The van der Waals surface area contributed by atoms with E-state index in [-0.39, 0.29) is 17.3 Å². The summed E-state index contributed by atoms with van der Waals surface area (Å²) in [5, 5.41) is 2.00. The van der Waals surface area contributed by atoms with Crippen LogP contribution in [0.25, 0.3) is 0 Å². The zero-order valence-corrected chi connectivity index (χ0v) is 19.3. The lowest BCUT2D eigenvalue weighted by molar-refractivity contribution is 0.307. The minimum absolute atomic E-state index is 0.0918. The van der Waals surface area contributed by atoms with Crippen molar-refractivity contribution in [1.82, 2.24) is 5.32 Å². The highest BCUT2D eigenvalue weighted by Crippen LogP contribution is 2.29. The Morgan fingerprint density at radius 2 is 1.68 bits per heavy atom. The van der Waals surface area contributed by atoms with Gasteiger partial charge in [0.05, 0.1) is 35.9 Å². The molecule has 0 amide bonds. The van der Waals surface area contributed by atoms with Crippen molar-refractivity contribution in [2.45, 2.75) is 23.1 Å². The molecule has 0 saturated carbocycles. The van der Waals surface area contributed by atoms with Crippen LogP contribution in [-0.4, -0.2) is 67.0 Å². The van der Waals surface area contributed by atoms with Crippen LogP contribution in [0.15, 0.2) is 47.4 Å². The van der Waals surface area contributed by atoms with Gasteiger partial charge in [-0.25, -0.2) is 16.8 Å². The van der Waals surface area contributed by atoms with Gasteiger partial charge in [-0.05, 0) is 55.0 Å². The first-order chi connectivity index (χ1) is 14.7. The summed E-state index contributed by atoms with van der Waals surface area (Å²) < 4.78 is 66.8. The molecule has 0 radical (unpaired) electrons. The van der Waals surface area contributed by atoms with Gasteiger partial charge in [-0.3, -0.25) is 0 Å². The number of aryl methyl sites for hydroxylation is 1. The van der Waals surface area contributed by atoms with Crippen molar-refractivity contribution in [3.05, 3.63) is 48.0 Å². The third-order valence-electron chi connectivity index (χ3n) is 5.23. The molecule has 31 heavy (non-hydrogen) atoms. The molecule has 0 unspecified atom stereocenters. The molecule has 2 aromatic rings. The van der Waals surface area contributed by atoms with Crippen molar-refractivity contribution in [2.24, 2.45) is 0 Å². The van der Waals surface area contributed by atoms with E-state index in [1.807, 2.05) is 0 Å². The molecular weight excluding hydrogens is 442 g/mol. The van der Waals surface area contributed by atoms with Gasteiger partial charge in [-0.15, -0.1) is 0 Å². The Bertz CT molecular complexity index is 1110. The predicted molar refractivity (Wildman–Crippen MR) is 118 cm³/mol. The molecule has 1 N–H and O–H groups in total. The molecule has 170 valence electrons. The van der Waals surface area contributed by atoms with E-state index in [0.717, 1.165) is 0 Å². The Hall–Kier alpha value is -2.30. The summed E-state index contributed by atoms with van der Waals surface area (Å²) in [5.41, 5.74) is 0.668. The van der Waals surface area contributed by atoms with Crippen molar-refractivity contribution in [3.8, 4) is 17.2 Å². The van der Waals surface area contributed by atoms with Crippen LogP contribution in [0.5, 0.6) is 17.2 Å². The molecule has 3 rings (SSSR count). The normalized spacial score (nSPS) is 20.4. The van der Waals surface area contributed by atoms with Gasteiger partial charge in [0.2, 0.25) is 0 Å². The van der Waals surface area contributed by atoms with Gasteiger partial charge in [0.1, 0.15) is 23.9 Å². The van der Waals surface area contributed by atoms with E-state index in [9.17, 15) is 16.8 Å². The highest BCUT2D eigenvalue weighted by molar-refractivity contribution is 7.96. The van der Waals surface area contributed by atoms with E-state index in [4.69, 9.17) is 14.2 Å². The van der Waals surface area contributed by atoms with Crippen LogP contribution in [0.4, 0.5) is 0 Å². The van der Waals surface area contributed by atoms with Crippen molar-refractivity contribution >= 4 is 19.7 Å². The molecule has 1 aliphatic heterocycles. The third kappa shape index (κ3) is 5.50. The molecule has 0 bridgehead atoms. The highest BCUT2D eigenvalue weighted by atomic mass is 32.2. The fourth-order valence-electron chi connectivity index (χ4n) is 3.60. The molecule has 10 heteroatoms. The fraction of sp³-hybridized carbons (Fsp3) is 0.429. The Morgan fingerprint density at radius 3 is 2.29 bits per heavy atom. The van der Waals surface area contributed by atoms with E-state index >= 15 is 0 Å². The summed E-state index contributed by atoms with van der Waals surface area (Å²) in [6, 6.07) is 10.9. The highest BCUT2D eigenvalue weighted by Gasteiger charge is 2.45. The average Bonchev–Trinajstić information content (AvgIpc) is 3.06. The minimum atomic E-state index is -3.86. The second-order valence-corrected chi connectivity index (χ2v) is 11.7. The van der Waals surface area contributed by atoms with E-state index in [0.29, 0.717) is 29.4 Å². The second-order valence-electron chi connectivity index (χ2n) is 7.38. The average molecular weight is 470 g/mol. The number of sulfone groups is 2. The van der Waals surface area contributed by atoms with Gasteiger partial charge in [-0.1, -0.05) is 0 Å².